The molecular weight excluding hydrogens is 256 g/mol. The molecule has 102 valence electrons. The van der Waals surface area contributed by atoms with Crippen LogP contribution in [0, 0.1) is 11.6 Å². The van der Waals surface area contributed by atoms with E-state index in [9.17, 15) is 8.78 Å². The summed E-state index contributed by atoms with van der Waals surface area (Å²) in [5.74, 6) is -1.18. The molecule has 0 unspecified atom stereocenters. The molecular formula is C11H13F2N5O. The topological polar surface area (TPSA) is 78.0 Å². The summed E-state index contributed by atoms with van der Waals surface area (Å²) in [5, 5.41) is 6.86. The predicted octanol–water partition coefficient (Wildman–Crippen LogP) is 1.19. The number of anilines is 2. The minimum absolute atomic E-state index is 0.00502. The smallest absolute Gasteiger partial charge is 0.244 e. The van der Waals surface area contributed by atoms with Gasteiger partial charge in [0.1, 0.15) is 11.5 Å². The fraction of sp³-hybridized carbons (Fsp3) is 0.273. The van der Waals surface area contributed by atoms with Crippen molar-refractivity contribution >= 4 is 11.9 Å². The lowest BCUT2D eigenvalue weighted by Crippen LogP contribution is -2.09. The lowest BCUT2D eigenvalue weighted by molar-refractivity contribution is 0.210. The SMILES string of the molecule is COCCNc1nc(N)n(-c2ccc(F)cc2F)n1. The molecule has 19 heavy (non-hydrogen) atoms. The average Bonchev–Trinajstić information content (AvgIpc) is 2.71. The number of aromatic nitrogens is 3. The fourth-order valence-corrected chi connectivity index (χ4v) is 1.49. The summed E-state index contributed by atoms with van der Waals surface area (Å²) in [5.41, 5.74) is 5.68. The van der Waals surface area contributed by atoms with Gasteiger partial charge in [-0.25, -0.2) is 8.78 Å². The molecule has 0 aliphatic rings. The summed E-state index contributed by atoms with van der Waals surface area (Å²) < 4.78 is 32.4. The van der Waals surface area contributed by atoms with Crippen LogP contribution < -0.4 is 11.1 Å². The summed E-state index contributed by atoms with van der Waals surface area (Å²) in [7, 11) is 1.57. The highest BCUT2D eigenvalue weighted by Gasteiger charge is 2.12. The maximum absolute atomic E-state index is 13.6. The lowest BCUT2D eigenvalue weighted by Gasteiger charge is -2.03. The van der Waals surface area contributed by atoms with E-state index in [2.05, 4.69) is 15.4 Å². The monoisotopic (exact) mass is 269 g/mol. The van der Waals surface area contributed by atoms with Crippen molar-refractivity contribution in [2.24, 2.45) is 0 Å². The standard InChI is InChI=1S/C11H13F2N5O/c1-19-5-4-15-11-16-10(14)18(17-11)9-3-2-7(12)6-8(9)13/h2-3,6H,4-5H2,1H3,(H3,14,15,16,17). The number of halogens is 2. The fourth-order valence-electron chi connectivity index (χ4n) is 1.49. The Hall–Kier alpha value is -2.22. The number of nitrogens with one attached hydrogen (secondary N) is 1. The molecule has 0 spiro atoms. The van der Waals surface area contributed by atoms with Crippen LogP contribution in [0.1, 0.15) is 0 Å². The molecule has 1 aromatic carbocycles. The van der Waals surface area contributed by atoms with Crippen LogP contribution in [0.4, 0.5) is 20.7 Å². The molecule has 2 rings (SSSR count). The molecule has 3 N–H and O–H groups in total. The molecule has 6 nitrogen and oxygen atoms in total. The van der Waals surface area contributed by atoms with Gasteiger partial charge in [-0.1, -0.05) is 0 Å². The van der Waals surface area contributed by atoms with Gasteiger partial charge >= 0.3 is 0 Å². The van der Waals surface area contributed by atoms with Gasteiger partial charge in [0.15, 0.2) is 5.82 Å². The zero-order valence-electron chi connectivity index (χ0n) is 10.2. The summed E-state index contributed by atoms with van der Waals surface area (Å²) in [6.07, 6.45) is 0. The molecule has 1 aromatic heterocycles. The van der Waals surface area contributed by atoms with Crippen LogP contribution in [0.3, 0.4) is 0 Å². The van der Waals surface area contributed by atoms with Crippen molar-refractivity contribution < 1.29 is 13.5 Å². The molecule has 0 saturated heterocycles. The first-order valence-corrected chi connectivity index (χ1v) is 5.52. The third-order valence-electron chi connectivity index (χ3n) is 2.36. The first kappa shape index (κ1) is 13.2. The van der Waals surface area contributed by atoms with Gasteiger partial charge in [0.05, 0.1) is 6.61 Å². The Bertz CT molecular complexity index is 572. The molecule has 0 aliphatic carbocycles. The zero-order valence-corrected chi connectivity index (χ0v) is 10.2. The van der Waals surface area contributed by atoms with Gasteiger partial charge in [0.25, 0.3) is 0 Å². The van der Waals surface area contributed by atoms with Gasteiger partial charge in [-0.05, 0) is 12.1 Å². The Morgan fingerprint density at radius 1 is 1.42 bits per heavy atom. The van der Waals surface area contributed by atoms with Crippen molar-refractivity contribution in [3.8, 4) is 5.69 Å². The Kier molecular flexibility index (Phi) is 3.91. The van der Waals surface area contributed by atoms with Crippen molar-refractivity contribution in [3.05, 3.63) is 29.8 Å². The summed E-state index contributed by atoms with van der Waals surface area (Å²) in [6, 6.07) is 3.13. The maximum atomic E-state index is 13.6. The summed E-state index contributed by atoms with van der Waals surface area (Å²) >= 11 is 0. The molecule has 0 radical (unpaired) electrons. The van der Waals surface area contributed by atoms with E-state index in [0.717, 1.165) is 16.8 Å². The van der Waals surface area contributed by atoms with Gasteiger partial charge in [0, 0.05) is 19.7 Å². The number of ether oxygens (including phenoxy) is 1. The molecule has 0 saturated carbocycles. The minimum atomic E-state index is -0.764. The number of rotatable bonds is 5. The Morgan fingerprint density at radius 3 is 2.89 bits per heavy atom. The van der Waals surface area contributed by atoms with E-state index in [0.29, 0.717) is 13.2 Å². The van der Waals surface area contributed by atoms with Gasteiger partial charge in [-0.2, -0.15) is 9.67 Å². The molecule has 0 bridgehead atoms. The van der Waals surface area contributed by atoms with E-state index < -0.39 is 11.6 Å². The van der Waals surface area contributed by atoms with Crippen molar-refractivity contribution in [2.45, 2.75) is 0 Å². The normalized spacial score (nSPS) is 10.7. The quantitative estimate of drug-likeness (QED) is 0.797. The van der Waals surface area contributed by atoms with E-state index in [1.807, 2.05) is 0 Å². The first-order valence-electron chi connectivity index (χ1n) is 5.52. The van der Waals surface area contributed by atoms with Crippen LogP contribution in [0.5, 0.6) is 0 Å². The van der Waals surface area contributed by atoms with Crippen molar-refractivity contribution in [1.29, 1.82) is 0 Å². The van der Waals surface area contributed by atoms with Crippen molar-refractivity contribution in [2.75, 3.05) is 31.3 Å². The van der Waals surface area contributed by atoms with Gasteiger partial charge in [-0.3, -0.25) is 0 Å². The molecule has 1 heterocycles. The Labute approximate surface area is 108 Å². The molecule has 0 aliphatic heterocycles. The van der Waals surface area contributed by atoms with E-state index in [-0.39, 0.29) is 17.6 Å². The largest absolute Gasteiger partial charge is 0.383 e. The highest BCUT2D eigenvalue weighted by atomic mass is 19.1. The van der Waals surface area contributed by atoms with Gasteiger partial charge in [-0.15, -0.1) is 5.10 Å². The lowest BCUT2D eigenvalue weighted by atomic mass is 10.3. The maximum Gasteiger partial charge on any atom is 0.244 e. The van der Waals surface area contributed by atoms with Crippen LogP contribution in [0.25, 0.3) is 5.69 Å². The number of hydrogen-bond donors (Lipinski definition) is 2. The number of benzene rings is 1. The summed E-state index contributed by atoms with van der Waals surface area (Å²) in [4.78, 5) is 3.92. The molecule has 8 heteroatoms. The van der Waals surface area contributed by atoms with E-state index in [1.54, 1.807) is 7.11 Å². The van der Waals surface area contributed by atoms with Crippen LogP contribution in [-0.4, -0.2) is 35.0 Å². The zero-order chi connectivity index (χ0) is 13.8. The number of nitrogen functional groups attached to an aromatic ring is 1. The number of hydrogen-bond acceptors (Lipinski definition) is 5. The minimum Gasteiger partial charge on any atom is -0.383 e. The van der Waals surface area contributed by atoms with Gasteiger partial charge < -0.3 is 15.8 Å². The van der Waals surface area contributed by atoms with Crippen LogP contribution in [0.15, 0.2) is 18.2 Å². The highest BCUT2D eigenvalue weighted by molar-refractivity contribution is 5.42. The van der Waals surface area contributed by atoms with E-state index >= 15 is 0 Å². The molecule has 2 aromatic rings. The first-order chi connectivity index (χ1) is 9.11. The average molecular weight is 269 g/mol. The third-order valence-corrected chi connectivity index (χ3v) is 2.36. The number of methoxy groups -OCH3 is 1. The second-order valence-corrected chi connectivity index (χ2v) is 3.72. The highest BCUT2D eigenvalue weighted by Crippen LogP contribution is 2.17. The second-order valence-electron chi connectivity index (χ2n) is 3.72. The van der Waals surface area contributed by atoms with Crippen LogP contribution >= 0.6 is 0 Å². The Morgan fingerprint density at radius 2 is 2.21 bits per heavy atom. The van der Waals surface area contributed by atoms with Crippen molar-refractivity contribution in [3.63, 3.8) is 0 Å². The number of nitrogens with zero attached hydrogens (tertiary/aromatic N) is 3. The van der Waals surface area contributed by atoms with Crippen LogP contribution in [-0.2, 0) is 4.74 Å². The Balaban J connectivity index is 2.24. The predicted molar refractivity (Wildman–Crippen MR) is 66.1 cm³/mol. The molecule has 0 fully saturated rings. The third kappa shape index (κ3) is 2.97. The molecule has 0 amide bonds. The van der Waals surface area contributed by atoms with E-state index in [4.69, 9.17) is 10.5 Å². The van der Waals surface area contributed by atoms with Gasteiger partial charge in [0.2, 0.25) is 11.9 Å². The van der Waals surface area contributed by atoms with Crippen molar-refractivity contribution in [1.82, 2.24) is 14.8 Å². The van der Waals surface area contributed by atoms with Crippen LogP contribution in [0.2, 0.25) is 0 Å². The van der Waals surface area contributed by atoms with E-state index in [1.165, 1.54) is 6.07 Å². The second kappa shape index (κ2) is 5.61. The molecule has 0 atom stereocenters. The summed E-state index contributed by atoms with van der Waals surface area (Å²) in [6.45, 7) is 0.963. The number of nitrogens with two attached hydrogens (primary N) is 1.